The van der Waals surface area contributed by atoms with Gasteiger partial charge < -0.3 is 10.1 Å². The van der Waals surface area contributed by atoms with Crippen molar-refractivity contribution in [2.45, 2.75) is 19.5 Å². The summed E-state index contributed by atoms with van der Waals surface area (Å²) in [6.45, 7) is 2.03. The van der Waals surface area contributed by atoms with Crippen LogP contribution in [0.5, 0.6) is 5.75 Å². The third-order valence-corrected chi connectivity index (χ3v) is 3.70. The number of nitrogens with zero attached hydrogens (tertiary/aromatic N) is 3. The molecule has 1 heterocycles. The molecule has 2 aromatic carbocycles. The molecule has 3 rings (SSSR count). The Hall–Kier alpha value is -3.26. The van der Waals surface area contributed by atoms with Crippen LogP contribution in [0, 0.1) is 12.3 Å². The van der Waals surface area contributed by atoms with Gasteiger partial charge in [-0.3, -0.25) is 0 Å². The van der Waals surface area contributed by atoms with Crippen molar-refractivity contribution in [3.05, 3.63) is 72.3 Å². The van der Waals surface area contributed by atoms with Gasteiger partial charge in [-0.1, -0.05) is 24.3 Å². The Morgan fingerprint density at radius 3 is 2.48 bits per heavy atom. The van der Waals surface area contributed by atoms with Gasteiger partial charge in [0.1, 0.15) is 18.4 Å². The van der Waals surface area contributed by atoms with Crippen molar-refractivity contribution >= 4 is 5.69 Å². The second-order valence-corrected chi connectivity index (χ2v) is 5.59. The third kappa shape index (κ3) is 5.11. The second-order valence-electron chi connectivity index (χ2n) is 5.59. The topological polar surface area (TPSA) is 52.0 Å². The van der Waals surface area contributed by atoms with Crippen LogP contribution in [-0.4, -0.2) is 21.4 Å². The van der Waals surface area contributed by atoms with E-state index >= 15 is 0 Å². The SMILES string of the molecule is C#CCCOc1ccc(CNc2ccc(Cn3cncn3)cc2)cc1. The van der Waals surface area contributed by atoms with Crippen LogP contribution in [0.25, 0.3) is 0 Å². The van der Waals surface area contributed by atoms with Crippen molar-refractivity contribution in [3.63, 3.8) is 0 Å². The monoisotopic (exact) mass is 332 g/mol. The summed E-state index contributed by atoms with van der Waals surface area (Å²) in [7, 11) is 0. The van der Waals surface area contributed by atoms with E-state index in [4.69, 9.17) is 11.2 Å². The number of ether oxygens (including phenoxy) is 1. The maximum absolute atomic E-state index is 5.55. The van der Waals surface area contributed by atoms with Gasteiger partial charge in [-0.25, -0.2) is 9.67 Å². The van der Waals surface area contributed by atoms with E-state index in [1.807, 2.05) is 12.1 Å². The van der Waals surface area contributed by atoms with Gasteiger partial charge in [0.05, 0.1) is 13.2 Å². The van der Waals surface area contributed by atoms with Crippen LogP contribution in [0.1, 0.15) is 17.5 Å². The van der Waals surface area contributed by atoms with Crippen molar-refractivity contribution < 1.29 is 4.74 Å². The lowest BCUT2D eigenvalue weighted by Crippen LogP contribution is -2.02. The number of aromatic nitrogens is 3. The van der Waals surface area contributed by atoms with E-state index in [2.05, 4.69) is 57.7 Å². The molecule has 1 aromatic heterocycles. The van der Waals surface area contributed by atoms with Crippen molar-refractivity contribution in [1.29, 1.82) is 0 Å². The highest BCUT2D eigenvalue weighted by Crippen LogP contribution is 2.15. The molecule has 3 aromatic rings. The number of nitrogens with one attached hydrogen (secondary N) is 1. The molecule has 0 unspecified atom stereocenters. The molecule has 1 N–H and O–H groups in total. The largest absolute Gasteiger partial charge is 0.493 e. The fourth-order valence-corrected chi connectivity index (χ4v) is 2.36. The van der Waals surface area contributed by atoms with E-state index in [-0.39, 0.29) is 0 Å². The summed E-state index contributed by atoms with van der Waals surface area (Å²) in [5.41, 5.74) is 3.46. The van der Waals surface area contributed by atoms with Crippen molar-refractivity contribution in [1.82, 2.24) is 14.8 Å². The summed E-state index contributed by atoms with van der Waals surface area (Å²) < 4.78 is 7.35. The zero-order valence-corrected chi connectivity index (χ0v) is 13.9. The van der Waals surface area contributed by atoms with Gasteiger partial charge in [0.2, 0.25) is 0 Å². The smallest absolute Gasteiger partial charge is 0.137 e. The Labute approximate surface area is 147 Å². The highest BCUT2D eigenvalue weighted by atomic mass is 16.5. The Balaban J connectivity index is 1.49. The van der Waals surface area contributed by atoms with Gasteiger partial charge in [-0.05, 0) is 35.4 Å². The van der Waals surface area contributed by atoms with E-state index in [0.29, 0.717) is 13.0 Å². The maximum Gasteiger partial charge on any atom is 0.137 e. The minimum Gasteiger partial charge on any atom is -0.493 e. The van der Waals surface area contributed by atoms with Crippen molar-refractivity contribution in [3.8, 4) is 18.1 Å². The van der Waals surface area contributed by atoms with E-state index in [1.165, 1.54) is 11.1 Å². The van der Waals surface area contributed by atoms with E-state index in [9.17, 15) is 0 Å². The number of hydrogen-bond acceptors (Lipinski definition) is 4. The lowest BCUT2D eigenvalue weighted by atomic mass is 10.2. The summed E-state index contributed by atoms with van der Waals surface area (Å²) in [4.78, 5) is 3.95. The van der Waals surface area contributed by atoms with Gasteiger partial charge in [-0.2, -0.15) is 5.10 Å². The highest BCUT2D eigenvalue weighted by Gasteiger charge is 1.99. The number of benzene rings is 2. The summed E-state index contributed by atoms with van der Waals surface area (Å²) >= 11 is 0. The number of hydrogen-bond donors (Lipinski definition) is 1. The molecule has 0 aliphatic heterocycles. The predicted octanol–water partition coefficient (Wildman–Crippen LogP) is 3.34. The van der Waals surface area contributed by atoms with Crippen LogP contribution in [0.4, 0.5) is 5.69 Å². The first-order valence-electron chi connectivity index (χ1n) is 8.14. The molecule has 0 saturated carbocycles. The van der Waals surface area contributed by atoms with Crippen molar-refractivity contribution in [2.75, 3.05) is 11.9 Å². The first kappa shape index (κ1) is 16.6. The van der Waals surface area contributed by atoms with Crippen LogP contribution >= 0.6 is 0 Å². The molecule has 0 aliphatic carbocycles. The molecular weight excluding hydrogens is 312 g/mol. The summed E-state index contributed by atoms with van der Waals surface area (Å²) in [5.74, 6) is 3.40. The zero-order valence-electron chi connectivity index (χ0n) is 13.9. The molecule has 126 valence electrons. The van der Waals surface area contributed by atoms with Crippen LogP contribution in [-0.2, 0) is 13.1 Å². The van der Waals surface area contributed by atoms with Gasteiger partial charge >= 0.3 is 0 Å². The number of terminal acetylenes is 1. The second kappa shape index (κ2) is 8.55. The molecule has 5 nitrogen and oxygen atoms in total. The molecule has 0 saturated heterocycles. The van der Waals surface area contributed by atoms with E-state index in [1.54, 1.807) is 17.3 Å². The van der Waals surface area contributed by atoms with Crippen LogP contribution in [0.3, 0.4) is 0 Å². The Bertz CT molecular complexity index is 802. The highest BCUT2D eigenvalue weighted by molar-refractivity contribution is 5.45. The minimum absolute atomic E-state index is 0.551. The minimum atomic E-state index is 0.551. The Morgan fingerprint density at radius 1 is 1.04 bits per heavy atom. The average Bonchev–Trinajstić information content (AvgIpc) is 3.15. The van der Waals surface area contributed by atoms with E-state index in [0.717, 1.165) is 24.5 Å². The molecule has 0 aliphatic rings. The zero-order chi connectivity index (χ0) is 17.3. The van der Waals surface area contributed by atoms with Crippen LogP contribution in [0.2, 0.25) is 0 Å². The van der Waals surface area contributed by atoms with Crippen LogP contribution < -0.4 is 10.1 Å². The summed E-state index contributed by atoms with van der Waals surface area (Å²) in [6, 6.07) is 16.4. The Kier molecular flexibility index (Phi) is 5.68. The molecule has 25 heavy (non-hydrogen) atoms. The van der Waals surface area contributed by atoms with Crippen LogP contribution in [0.15, 0.2) is 61.2 Å². The molecule has 0 atom stereocenters. The number of rotatable bonds is 8. The molecule has 0 radical (unpaired) electrons. The number of anilines is 1. The normalized spacial score (nSPS) is 10.2. The van der Waals surface area contributed by atoms with Gasteiger partial charge in [0.15, 0.2) is 0 Å². The fraction of sp³-hybridized carbons (Fsp3) is 0.200. The molecule has 0 spiro atoms. The standard InChI is InChI=1S/C20H20N4O/c1-2-3-12-25-20-10-6-17(7-11-20)13-22-19-8-4-18(5-9-19)14-24-16-21-15-23-24/h1,4-11,15-16,22H,3,12-14H2. The fourth-order valence-electron chi connectivity index (χ4n) is 2.36. The van der Waals surface area contributed by atoms with Crippen molar-refractivity contribution in [2.24, 2.45) is 0 Å². The molecule has 0 bridgehead atoms. The third-order valence-electron chi connectivity index (χ3n) is 3.70. The van der Waals surface area contributed by atoms with Gasteiger partial charge in [0.25, 0.3) is 0 Å². The van der Waals surface area contributed by atoms with Gasteiger partial charge in [-0.15, -0.1) is 12.3 Å². The summed E-state index contributed by atoms with van der Waals surface area (Å²) in [5, 5.41) is 7.53. The molecule has 5 heteroatoms. The van der Waals surface area contributed by atoms with E-state index < -0.39 is 0 Å². The van der Waals surface area contributed by atoms with Gasteiger partial charge in [0, 0.05) is 18.7 Å². The molecule has 0 amide bonds. The lowest BCUT2D eigenvalue weighted by molar-refractivity contribution is 0.327. The Morgan fingerprint density at radius 2 is 1.80 bits per heavy atom. The molecular formula is C20H20N4O. The first-order chi connectivity index (χ1) is 12.3. The average molecular weight is 332 g/mol. The predicted molar refractivity (Wildman–Crippen MR) is 98.3 cm³/mol. The first-order valence-corrected chi connectivity index (χ1v) is 8.14. The quantitative estimate of drug-likeness (QED) is 0.508. The maximum atomic E-state index is 5.55. The lowest BCUT2D eigenvalue weighted by Gasteiger charge is -2.09. The summed E-state index contributed by atoms with van der Waals surface area (Å²) in [6.07, 6.45) is 9.09. The molecule has 0 fully saturated rings.